The zero-order valence-corrected chi connectivity index (χ0v) is 14.4. The molecule has 0 bridgehead atoms. The minimum Gasteiger partial charge on any atom is -0.492 e. The molecule has 2 N–H and O–H groups in total. The van der Waals surface area contributed by atoms with Gasteiger partial charge in [0.1, 0.15) is 5.75 Å². The smallest absolute Gasteiger partial charge is 0.176 e. The monoisotopic (exact) mass is 327 g/mol. The molecular weight excluding hydrogens is 302 g/mol. The summed E-state index contributed by atoms with van der Waals surface area (Å²) in [5.41, 5.74) is 8.30. The van der Waals surface area contributed by atoms with E-state index in [0.29, 0.717) is 30.2 Å². The Bertz CT molecular complexity index is 659. The number of rotatable bonds is 9. The van der Waals surface area contributed by atoms with Crippen molar-refractivity contribution in [3.05, 3.63) is 53.9 Å². The maximum atomic E-state index is 12.5. The predicted octanol–water partition coefficient (Wildman–Crippen LogP) is 2.81. The van der Waals surface area contributed by atoms with E-state index in [1.165, 1.54) is 5.56 Å². The number of anilines is 1. The van der Waals surface area contributed by atoms with Gasteiger partial charge in [0, 0.05) is 24.5 Å². The lowest BCUT2D eigenvalue weighted by Gasteiger charge is -2.19. The van der Waals surface area contributed by atoms with Crippen LogP contribution in [0.25, 0.3) is 0 Å². The molecule has 128 valence electrons. The molecule has 0 spiro atoms. The zero-order valence-electron chi connectivity index (χ0n) is 14.4. The summed E-state index contributed by atoms with van der Waals surface area (Å²) >= 11 is 0. The number of hydrogen-bond acceptors (Lipinski definition) is 5. The second-order valence-electron chi connectivity index (χ2n) is 5.58. The van der Waals surface area contributed by atoms with Crippen LogP contribution >= 0.6 is 0 Å². The molecule has 5 nitrogen and oxygen atoms in total. The number of ketones is 1. The second kappa shape index (κ2) is 9.03. The molecule has 24 heavy (non-hydrogen) atoms. The molecule has 5 heteroatoms. The number of carbonyl (C=O) groups excluding carboxylic acids is 1. The number of nitrogens with zero attached hydrogens (tertiary/aromatic N) is 2. The molecule has 0 aliphatic carbocycles. The van der Waals surface area contributed by atoms with Crippen LogP contribution in [0.5, 0.6) is 5.75 Å². The van der Waals surface area contributed by atoms with Crippen molar-refractivity contribution in [3.63, 3.8) is 0 Å². The summed E-state index contributed by atoms with van der Waals surface area (Å²) in [4.78, 5) is 18.7. The average Bonchev–Trinajstić information content (AvgIpc) is 2.61. The highest BCUT2D eigenvalue weighted by Gasteiger charge is 2.13. The largest absolute Gasteiger partial charge is 0.492 e. The summed E-state index contributed by atoms with van der Waals surface area (Å²) in [6, 6.07) is 9.25. The van der Waals surface area contributed by atoms with E-state index in [9.17, 15) is 4.79 Å². The molecule has 2 rings (SSSR count). The van der Waals surface area contributed by atoms with Gasteiger partial charge in [0.25, 0.3) is 0 Å². The summed E-state index contributed by atoms with van der Waals surface area (Å²) in [6.07, 6.45) is 4.48. The molecule has 1 aromatic carbocycles. The van der Waals surface area contributed by atoms with Gasteiger partial charge in [0.2, 0.25) is 0 Å². The normalized spacial score (nSPS) is 10.8. The Hall–Kier alpha value is -2.40. The van der Waals surface area contributed by atoms with Crippen LogP contribution in [0, 0.1) is 0 Å². The molecule has 0 fully saturated rings. The number of aromatic nitrogens is 1. The average molecular weight is 327 g/mol. The molecule has 0 aliphatic rings. The van der Waals surface area contributed by atoms with Gasteiger partial charge in [0.15, 0.2) is 5.78 Å². The van der Waals surface area contributed by atoms with Gasteiger partial charge < -0.3 is 10.5 Å². The molecule has 0 radical (unpaired) electrons. The van der Waals surface area contributed by atoms with Crippen LogP contribution in [0.15, 0.2) is 42.7 Å². The summed E-state index contributed by atoms with van der Waals surface area (Å²) in [7, 11) is 0. The number of benzene rings is 1. The number of pyridine rings is 1. The minimum atomic E-state index is 0.0707. The molecule has 0 aliphatic heterocycles. The Labute approximate surface area is 143 Å². The Kier molecular flexibility index (Phi) is 6.75. The number of carbonyl (C=O) groups is 1. The van der Waals surface area contributed by atoms with Crippen molar-refractivity contribution in [2.45, 2.75) is 20.3 Å². The fraction of sp³-hybridized carbons (Fsp3) is 0.368. The van der Waals surface area contributed by atoms with Crippen molar-refractivity contribution >= 4 is 11.5 Å². The van der Waals surface area contributed by atoms with Crippen molar-refractivity contribution in [2.75, 3.05) is 32.0 Å². The van der Waals surface area contributed by atoms with Crippen LogP contribution in [-0.4, -0.2) is 41.9 Å². The number of ether oxygens (including phenoxy) is 1. The number of hydrogen-bond donors (Lipinski definition) is 1. The zero-order chi connectivity index (χ0) is 17.4. The number of Topliss-reactive ketones (excluding diaryl/α,β-unsaturated/α-hetero) is 1. The molecule has 2 aromatic rings. The van der Waals surface area contributed by atoms with Gasteiger partial charge in [-0.25, -0.2) is 0 Å². The topological polar surface area (TPSA) is 68.5 Å². The summed E-state index contributed by atoms with van der Waals surface area (Å²) < 4.78 is 5.41. The van der Waals surface area contributed by atoms with Gasteiger partial charge in [-0.05, 0) is 55.8 Å². The highest BCUT2D eigenvalue weighted by molar-refractivity contribution is 5.98. The van der Waals surface area contributed by atoms with E-state index in [1.807, 2.05) is 19.1 Å². The fourth-order valence-corrected chi connectivity index (χ4v) is 2.49. The lowest BCUT2D eigenvalue weighted by Crippen LogP contribution is -2.31. The Morgan fingerprint density at radius 1 is 1.21 bits per heavy atom. The van der Waals surface area contributed by atoms with Crippen molar-refractivity contribution in [1.29, 1.82) is 0 Å². The van der Waals surface area contributed by atoms with Crippen LogP contribution < -0.4 is 10.5 Å². The van der Waals surface area contributed by atoms with E-state index in [-0.39, 0.29) is 5.78 Å². The number of nitrogens with two attached hydrogens (primary N) is 1. The first-order chi connectivity index (χ1) is 11.6. The Balaban J connectivity index is 1.95. The first-order valence-electron chi connectivity index (χ1n) is 8.30. The quantitative estimate of drug-likeness (QED) is 0.566. The summed E-state index contributed by atoms with van der Waals surface area (Å²) in [6.45, 7) is 6.56. The van der Waals surface area contributed by atoms with E-state index in [1.54, 1.807) is 30.6 Å². The van der Waals surface area contributed by atoms with Crippen LogP contribution in [-0.2, 0) is 6.42 Å². The van der Waals surface area contributed by atoms with Gasteiger partial charge >= 0.3 is 0 Å². The van der Waals surface area contributed by atoms with E-state index >= 15 is 0 Å². The highest BCUT2D eigenvalue weighted by Crippen LogP contribution is 2.22. The van der Waals surface area contributed by atoms with Crippen molar-refractivity contribution < 1.29 is 9.53 Å². The Morgan fingerprint density at radius 3 is 2.58 bits per heavy atom. The molecular formula is C19H25N3O2. The van der Waals surface area contributed by atoms with E-state index in [0.717, 1.165) is 19.5 Å². The van der Waals surface area contributed by atoms with Crippen molar-refractivity contribution in [2.24, 2.45) is 0 Å². The maximum Gasteiger partial charge on any atom is 0.176 e. The van der Waals surface area contributed by atoms with Gasteiger partial charge in [-0.15, -0.1) is 0 Å². The lowest BCUT2D eigenvalue weighted by atomic mass is 10.1. The van der Waals surface area contributed by atoms with Crippen LogP contribution in [0.3, 0.4) is 0 Å². The second-order valence-corrected chi connectivity index (χ2v) is 5.58. The van der Waals surface area contributed by atoms with Gasteiger partial charge in [0.05, 0.1) is 18.8 Å². The predicted molar refractivity (Wildman–Crippen MR) is 96.4 cm³/mol. The molecule has 1 heterocycles. The maximum absolute atomic E-state index is 12.5. The number of likely N-dealkylation sites (N-methyl/N-ethyl adjacent to an activating group) is 1. The van der Waals surface area contributed by atoms with E-state index < -0.39 is 0 Å². The molecule has 0 saturated carbocycles. The van der Waals surface area contributed by atoms with Gasteiger partial charge in [-0.1, -0.05) is 6.92 Å². The summed E-state index contributed by atoms with van der Waals surface area (Å²) in [5.74, 6) is 0.695. The summed E-state index contributed by atoms with van der Waals surface area (Å²) in [5, 5.41) is 0. The van der Waals surface area contributed by atoms with Crippen molar-refractivity contribution in [1.82, 2.24) is 9.88 Å². The molecule has 0 unspecified atom stereocenters. The fourth-order valence-electron chi connectivity index (χ4n) is 2.49. The standard InChI is InChI=1S/C19H25N3O2/c1-3-22(12-9-15-7-10-21-11-8-15)14-18(23)16-5-6-19(24-4-2)17(20)13-16/h5-8,10-11,13H,3-4,9,12,14,20H2,1-2H3. The minimum absolute atomic E-state index is 0.0707. The van der Waals surface area contributed by atoms with Crippen molar-refractivity contribution in [3.8, 4) is 5.75 Å². The van der Waals surface area contributed by atoms with E-state index in [2.05, 4.69) is 16.8 Å². The number of nitrogen functional groups attached to an aromatic ring is 1. The molecule has 0 atom stereocenters. The third-order valence-electron chi connectivity index (χ3n) is 3.91. The van der Waals surface area contributed by atoms with E-state index in [4.69, 9.17) is 10.5 Å². The molecule has 1 aromatic heterocycles. The lowest BCUT2D eigenvalue weighted by molar-refractivity contribution is 0.0934. The Morgan fingerprint density at radius 2 is 1.96 bits per heavy atom. The van der Waals surface area contributed by atoms with Crippen LogP contribution in [0.2, 0.25) is 0 Å². The molecule has 0 saturated heterocycles. The van der Waals surface area contributed by atoms with Crippen LogP contribution in [0.4, 0.5) is 5.69 Å². The molecule has 0 amide bonds. The first-order valence-corrected chi connectivity index (χ1v) is 8.30. The third-order valence-corrected chi connectivity index (χ3v) is 3.91. The highest BCUT2D eigenvalue weighted by atomic mass is 16.5. The third kappa shape index (κ3) is 5.06. The first kappa shape index (κ1) is 17.9. The van der Waals surface area contributed by atoms with Gasteiger partial charge in [-0.2, -0.15) is 0 Å². The van der Waals surface area contributed by atoms with Crippen LogP contribution in [0.1, 0.15) is 29.8 Å². The van der Waals surface area contributed by atoms with Gasteiger partial charge in [-0.3, -0.25) is 14.7 Å². The SMILES string of the molecule is CCOc1ccc(C(=O)CN(CC)CCc2ccncc2)cc1N.